The molecule has 2 aliphatic heterocycles. The Bertz CT molecular complexity index is 773. The number of nitrogen functional groups attached to an aromatic ring is 1. The highest BCUT2D eigenvalue weighted by molar-refractivity contribution is 5.76. The second-order valence-electron chi connectivity index (χ2n) is 7.58. The van der Waals surface area contributed by atoms with Crippen molar-refractivity contribution in [2.75, 3.05) is 59.7 Å². The summed E-state index contributed by atoms with van der Waals surface area (Å²) in [5.74, 6) is 2.16. The van der Waals surface area contributed by atoms with Crippen LogP contribution in [0.4, 0.5) is 27.4 Å². The van der Waals surface area contributed by atoms with Gasteiger partial charge in [-0.25, -0.2) is 14.4 Å². The van der Waals surface area contributed by atoms with Gasteiger partial charge in [-0.05, 0) is 43.0 Å². The molecule has 27 heavy (non-hydrogen) atoms. The quantitative estimate of drug-likeness (QED) is 0.896. The molecule has 4 rings (SSSR count). The summed E-state index contributed by atoms with van der Waals surface area (Å²) in [5.41, 5.74) is 8.22. The van der Waals surface area contributed by atoms with Crippen molar-refractivity contribution in [1.29, 1.82) is 0 Å². The molecule has 144 valence electrons. The molecule has 0 spiro atoms. The summed E-state index contributed by atoms with van der Waals surface area (Å²) in [5, 5.41) is 0. The lowest BCUT2D eigenvalue weighted by atomic mass is 10.0. The lowest BCUT2D eigenvalue weighted by Crippen LogP contribution is -2.47. The first kappa shape index (κ1) is 17.8. The number of benzene rings is 1. The standard InChI is InChI=1S/C20H27FN6/c1-15-3-2-8-27(13-15)20-18(22)19(23-14-24-20)26-11-9-25(10-12-26)17-6-4-16(21)5-7-17/h4-7,14-15H,2-3,8-13,22H2,1H3. The molecule has 6 nitrogen and oxygen atoms in total. The Kier molecular flexibility index (Phi) is 5.01. The van der Waals surface area contributed by atoms with Crippen LogP contribution in [0.2, 0.25) is 0 Å². The number of nitrogens with zero attached hydrogens (tertiary/aromatic N) is 5. The van der Waals surface area contributed by atoms with Gasteiger partial charge in [0, 0.05) is 45.0 Å². The van der Waals surface area contributed by atoms with Crippen LogP contribution in [0.3, 0.4) is 0 Å². The van der Waals surface area contributed by atoms with Crippen LogP contribution in [0.5, 0.6) is 0 Å². The average molecular weight is 370 g/mol. The third-order valence-electron chi connectivity index (χ3n) is 5.57. The zero-order chi connectivity index (χ0) is 18.8. The van der Waals surface area contributed by atoms with Crippen LogP contribution in [0.1, 0.15) is 19.8 Å². The van der Waals surface area contributed by atoms with E-state index in [9.17, 15) is 4.39 Å². The molecule has 1 unspecified atom stereocenters. The molecule has 0 bridgehead atoms. The Morgan fingerprint density at radius 3 is 2.22 bits per heavy atom. The van der Waals surface area contributed by atoms with Gasteiger partial charge >= 0.3 is 0 Å². The second kappa shape index (κ2) is 7.58. The highest BCUT2D eigenvalue weighted by Crippen LogP contribution is 2.32. The van der Waals surface area contributed by atoms with Gasteiger partial charge in [-0.1, -0.05) is 6.92 Å². The Morgan fingerprint density at radius 2 is 1.56 bits per heavy atom. The van der Waals surface area contributed by atoms with Gasteiger partial charge in [0.2, 0.25) is 0 Å². The van der Waals surface area contributed by atoms with E-state index in [-0.39, 0.29) is 5.82 Å². The van der Waals surface area contributed by atoms with Crippen LogP contribution in [0.25, 0.3) is 0 Å². The SMILES string of the molecule is CC1CCCN(c2ncnc(N3CCN(c4ccc(F)cc4)CC3)c2N)C1. The molecule has 0 amide bonds. The highest BCUT2D eigenvalue weighted by Gasteiger charge is 2.25. The topological polar surface area (TPSA) is 61.5 Å². The zero-order valence-corrected chi connectivity index (χ0v) is 15.8. The minimum atomic E-state index is -0.203. The van der Waals surface area contributed by atoms with Crippen molar-refractivity contribution < 1.29 is 4.39 Å². The van der Waals surface area contributed by atoms with Crippen LogP contribution in [-0.4, -0.2) is 49.2 Å². The number of aromatic nitrogens is 2. The molecule has 0 radical (unpaired) electrons. The normalized spacial score (nSPS) is 20.8. The minimum Gasteiger partial charge on any atom is -0.393 e. The van der Waals surface area contributed by atoms with Gasteiger partial charge in [0.15, 0.2) is 11.6 Å². The Hall–Kier alpha value is -2.57. The third-order valence-corrected chi connectivity index (χ3v) is 5.57. The fourth-order valence-electron chi connectivity index (χ4n) is 4.09. The summed E-state index contributed by atoms with van der Waals surface area (Å²) in [6.45, 7) is 7.64. The van der Waals surface area contributed by atoms with Crippen molar-refractivity contribution >= 4 is 23.0 Å². The number of nitrogens with two attached hydrogens (primary N) is 1. The Labute approximate surface area is 159 Å². The first-order valence-corrected chi connectivity index (χ1v) is 9.72. The first-order chi connectivity index (χ1) is 13.1. The number of halogens is 1. The maximum Gasteiger partial charge on any atom is 0.157 e. The van der Waals surface area contributed by atoms with Crippen LogP contribution in [0, 0.1) is 11.7 Å². The molecule has 7 heteroatoms. The molecule has 2 N–H and O–H groups in total. The van der Waals surface area contributed by atoms with Gasteiger partial charge in [-0.15, -0.1) is 0 Å². The van der Waals surface area contributed by atoms with E-state index in [4.69, 9.17) is 5.73 Å². The van der Waals surface area contributed by atoms with E-state index in [2.05, 4.69) is 31.6 Å². The zero-order valence-electron chi connectivity index (χ0n) is 15.8. The van der Waals surface area contributed by atoms with E-state index < -0.39 is 0 Å². The van der Waals surface area contributed by atoms with Gasteiger partial charge in [0.05, 0.1) is 0 Å². The summed E-state index contributed by atoms with van der Waals surface area (Å²) in [6, 6.07) is 6.69. The van der Waals surface area contributed by atoms with Gasteiger partial charge in [-0.2, -0.15) is 0 Å². The van der Waals surface area contributed by atoms with Gasteiger partial charge < -0.3 is 20.4 Å². The van der Waals surface area contributed by atoms with E-state index in [1.165, 1.54) is 25.0 Å². The lowest BCUT2D eigenvalue weighted by molar-refractivity contribution is 0.445. The summed E-state index contributed by atoms with van der Waals surface area (Å²) in [6.07, 6.45) is 4.07. The molecule has 1 aromatic heterocycles. The second-order valence-corrected chi connectivity index (χ2v) is 7.58. The summed E-state index contributed by atoms with van der Waals surface area (Å²) in [7, 11) is 0. The number of piperazine rings is 1. The molecular weight excluding hydrogens is 343 g/mol. The van der Waals surface area contributed by atoms with E-state index >= 15 is 0 Å². The smallest absolute Gasteiger partial charge is 0.157 e. The summed E-state index contributed by atoms with van der Waals surface area (Å²) in [4.78, 5) is 15.8. The fraction of sp³-hybridized carbons (Fsp3) is 0.500. The third kappa shape index (κ3) is 3.77. The Morgan fingerprint density at radius 1 is 0.926 bits per heavy atom. The molecule has 1 atom stereocenters. The van der Waals surface area contributed by atoms with Crippen molar-refractivity contribution in [3.05, 3.63) is 36.4 Å². The molecular formula is C20H27FN6. The van der Waals surface area contributed by atoms with Gasteiger partial charge in [0.1, 0.15) is 17.8 Å². The van der Waals surface area contributed by atoms with Gasteiger partial charge in [0.25, 0.3) is 0 Å². The van der Waals surface area contributed by atoms with E-state index in [0.717, 1.165) is 56.6 Å². The largest absolute Gasteiger partial charge is 0.393 e. The van der Waals surface area contributed by atoms with Crippen LogP contribution in [0.15, 0.2) is 30.6 Å². The molecule has 2 aromatic rings. The van der Waals surface area contributed by atoms with Gasteiger partial charge in [-0.3, -0.25) is 0 Å². The molecule has 0 saturated carbocycles. The number of anilines is 4. The molecule has 2 aliphatic rings. The number of hydrogen-bond donors (Lipinski definition) is 1. The van der Waals surface area contributed by atoms with E-state index in [0.29, 0.717) is 11.6 Å². The maximum atomic E-state index is 13.1. The number of piperidine rings is 1. The van der Waals surface area contributed by atoms with E-state index in [1.54, 1.807) is 6.33 Å². The van der Waals surface area contributed by atoms with Crippen molar-refractivity contribution in [2.45, 2.75) is 19.8 Å². The predicted octanol–water partition coefficient (Wildman–Crippen LogP) is 2.76. The first-order valence-electron chi connectivity index (χ1n) is 9.72. The van der Waals surface area contributed by atoms with Crippen LogP contribution >= 0.6 is 0 Å². The number of rotatable bonds is 3. The van der Waals surface area contributed by atoms with Crippen molar-refractivity contribution in [3.63, 3.8) is 0 Å². The minimum absolute atomic E-state index is 0.203. The highest BCUT2D eigenvalue weighted by atomic mass is 19.1. The molecule has 1 aromatic carbocycles. The number of hydrogen-bond acceptors (Lipinski definition) is 6. The molecule has 2 fully saturated rings. The van der Waals surface area contributed by atoms with Crippen molar-refractivity contribution in [1.82, 2.24) is 9.97 Å². The van der Waals surface area contributed by atoms with E-state index in [1.807, 2.05) is 12.1 Å². The predicted molar refractivity (Wildman–Crippen MR) is 108 cm³/mol. The van der Waals surface area contributed by atoms with Crippen molar-refractivity contribution in [3.8, 4) is 0 Å². The lowest BCUT2D eigenvalue weighted by Gasteiger charge is -2.38. The van der Waals surface area contributed by atoms with Crippen LogP contribution < -0.4 is 20.4 Å². The molecule has 3 heterocycles. The Balaban J connectivity index is 1.46. The molecule has 0 aliphatic carbocycles. The average Bonchev–Trinajstić information content (AvgIpc) is 2.69. The monoisotopic (exact) mass is 370 g/mol. The molecule has 2 saturated heterocycles. The fourth-order valence-corrected chi connectivity index (χ4v) is 4.09. The summed E-state index contributed by atoms with van der Waals surface area (Å²) < 4.78 is 13.1. The van der Waals surface area contributed by atoms with Crippen LogP contribution in [-0.2, 0) is 0 Å². The van der Waals surface area contributed by atoms with Crippen molar-refractivity contribution in [2.24, 2.45) is 5.92 Å². The summed E-state index contributed by atoms with van der Waals surface area (Å²) >= 11 is 0. The maximum absolute atomic E-state index is 13.1.